The minimum Gasteiger partial charge on any atom is -0.370 e. The van der Waals surface area contributed by atoms with Crippen molar-refractivity contribution in [3.8, 4) is 0 Å². The number of likely N-dealkylation sites (N-methyl/N-ethyl adjacent to an activating group) is 1. The number of para-hydroxylation sites is 1. The van der Waals surface area contributed by atoms with E-state index in [4.69, 9.17) is 0 Å². The van der Waals surface area contributed by atoms with Gasteiger partial charge in [-0.25, -0.2) is 0 Å². The van der Waals surface area contributed by atoms with Crippen molar-refractivity contribution in [2.75, 3.05) is 11.9 Å². The fourth-order valence-corrected chi connectivity index (χ4v) is 3.13. The molecule has 1 heteroatoms. The lowest BCUT2D eigenvalue weighted by Crippen LogP contribution is -2.42. The zero-order valence-corrected chi connectivity index (χ0v) is 11.4. The molecule has 0 saturated heterocycles. The van der Waals surface area contributed by atoms with Gasteiger partial charge in [-0.1, -0.05) is 45.0 Å². The lowest BCUT2D eigenvalue weighted by Gasteiger charge is -2.39. The van der Waals surface area contributed by atoms with Gasteiger partial charge in [0, 0.05) is 24.7 Å². The van der Waals surface area contributed by atoms with E-state index in [1.807, 2.05) is 0 Å². The van der Waals surface area contributed by atoms with Crippen LogP contribution in [0.2, 0.25) is 0 Å². The van der Waals surface area contributed by atoms with Crippen molar-refractivity contribution in [1.82, 2.24) is 0 Å². The Kier molecular flexibility index (Phi) is 3.03. The van der Waals surface area contributed by atoms with Crippen LogP contribution >= 0.6 is 0 Å². The maximum atomic E-state index is 4.05. The van der Waals surface area contributed by atoms with Crippen LogP contribution in [0.15, 0.2) is 36.9 Å². The van der Waals surface area contributed by atoms with Gasteiger partial charge in [-0.05, 0) is 23.5 Å². The second-order valence-corrected chi connectivity index (χ2v) is 5.72. The molecule has 0 fully saturated rings. The number of nitrogens with zero attached hydrogens (tertiary/aromatic N) is 1. The van der Waals surface area contributed by atoms with E-state index in [9.17, 15) is 0 Å². The lowest BCUT2D eigenvalue weighted by molar-refractivity contribution is 0.261. The molecule has 1 aliphatic heterocycles. The maximum absolute atomic E-state index is 4.05. The Bertz CT molecular complexity index is 419. The first kappa shape index (κ1) is 12.2. The Morgan fingerprint density at radius 2 is 2.00 bits per heavy atom. The highest BCUT2D eigenvalue weighted by Gasteiger charge is 2.42. The molecular formula is C16H23N. The minimum absolute atomic E-state index is 0.298. The number of rotatable bonds is 3. The van der Waals surface area contributed by atoms with E-state index in [1.54, 1.807) is 0 Å². The molecular weight excluding hydrogens is 206 g/mol. The molecule has 0 aliphatic carbocycles. The van der Waals surface area contributed by atoms with Crippen molar-refractivity contribution in [2.24, 2.45) is 5.41 Å². The molecule has 2 unspecified atom stereocenters. The zero-order chi connectivity index (χ0) is 12.6. The third kappa shape index (κ3) is 1.78. The molecule has 92 valence electrons. The van der Waals surface area contributed by atoms with Gasteiger partial charge in [0.1, 0.15) is 0 Å². The number of anilines is 1. The molecule has 1 aromatic carbocycles. The van der Waals surface area contributed by atoms with Crippen LogP contribution in [0.4, 0.5) is 5.69 Å². The molecule has 0 N–H and O–H groups in total. The van der Waals surface area contributed by atoms with Crippen LogP contribution in [-0.4, -0.2) is 13.1 Å². The molecule has 0 aromatic heterocycles. The van der Waals surface area contributed by atoms with Crippen molar-refractivity contribution in [3.63, 3.8) is 0 Å². The van der Waals surface area contributed by atoms with Crippen LogP contribution in [0.25, 0.3) is 0 Å². The fourth-order valence-electron chi connectivity index (χ4n) is 3.13. The minimum atomic E-state index is 0.298. The summed E-state index contributed by atoms with van der Waals surface area (Å²) < 4.78 is 0. The summed E-state index contributed by atoms with van der Waals surface area (Å²) in [6.07, 6.45) is 3.30. The van der Waals surface area contributed by atoms with Crippen LogP contribution in [-0.2, 0) is 0 Å². The van der Waals surface area contributed by atoms with Gasteiger partial charge in [-0.15, -0.1) is 6.58 Å². The SMILES string of the molecule is C=CC1c2ccccc2N(C)C1C(C)(C)CC. The first-order valence-electron chi connectivity index (χ1n) is 6.47. The smallest absolute Gasteiger partial charge is 0.0441 e. The van der Waals surface area contributed by atoms with E-state index in [0.29, 0.717) is 17.4 Å². The van der Waals surface area contributed by atoms with Crippen LogP contribution in [0, 0.1) is 5.41 Å². The summed E-state index contributed by atoms with van der Waals surface area (Å²) in [5, 5.41) is 0. The highest BCUT2D eigenvalue weighted by Crippen LogP contribution is 2.48. The summed E-state index contributed by atoms with van der Waals surface area (Å²) in [5.74, 6) is 0.450. The highest BCUT2D eigenvalue weighted by molar-refractivity contribution is 5.63. The van der Waals surface area contributed by atoms with Crippen LogP contribution in [0.3, 0.4) is 0 Å². The van der Waals surface area contributed by atoms with Crippen LogP contribution in [0.5, 0.6) is 0 Å². The molecule has 1 aliphatic rings. The number of fused-ring (bicyclic) bond motifs is 1. The monoisotopic (exact) mass is 229 g/mol. The van der Waals surface area contributed by atoms with Crippen molar-refractivity contribution in [2.45, 2.75) is 39.2 Å². The van der Waals surface area contributed by atoms with E-state index in [0.717, 1.165) is 0 Å². The van der Waals surface area contributed by atoms with Gasteiger partial charge >= 0.3 is 0 Å². The average molecular weight is 229 g/mol. The Morgan fingerprint density at radius 3 is 2.59 bits per heavy atom. The van der Waals surface area contributed by atoms with Crippen molar-refractivity contribution in [1.29, 1.82) is 0 Å². The van der Waals surface area contributed by atoms with E-state index in [-0.39, 0.29) is 0 Å². The van der Waals surface area contributed by atoms with Gasteiger partial charge in [0.05, 0.1) is 0 Å². The summed E-state index contributed by atoms with van der Waals surface area (Å²) in [4.78, 5) is 2.44. The molecule has 1 aromatic rings. The van der Waals surface area contributed by atoms with Crippen LogP contribution in [0.1, 0.15) is 38.7 Å². The van der Waals surface area contributed by atoms with E-state index in [2.05, 4.69) is 69.6 Å². The molecule has 2 atom stereocenters. The van der Waals surface area contributed by atoms with Gasteiger partial charge in [-0.2, -0.15) is 0 Å². The number of hydrogen-bond donors (Lipinski definition) is 0. The van der Waals surface area contributed by atoms with Gasteiger partial charge < -0.3 is 4.90 Å². The molecule has 1 nitrogen and oxygen atoms in total. The Morgan fingerprint density at radius 1 is 1.35 bits per heavy atom. The molecule has 17 heavy (non-hydrogen) atoms. The maximum Gasteiger partial charge on any atom is 0.0441 e. The van der Waals surface area contributed by atoms with Crippen molar-refractivity contribution >= 4 is 5.69 Å². The number of benzene rings is 1. The molecule has 0 radical (unpaired) electrons. The third-order valence-corrected chi connectivity index (χ3v) is 4.40. The normalized spacial score (nSPS) is 23.6. The quantitative estimate of drug-likeness (QED) is 0.702. The highest BCUT2D eigenvalue weighted by atomic mass is 15.2. The van der Waals surface area contributed by atoms with Crippen molar-refractivity contribution < 1.29 is 0 Å². The third-order valence-electron chi connectivity index (χ3n) is 4.40. The van der Waals surface area contributed by atoms with Gasteiger partial charge in [-0.3, -0.25) is 0 Å². The van der Waals surface area contributed by atoms with Gasteiger partial charge in [0.25, 0.3) is 0 Å². The van der Waals surface area contributed by atoms with Crippen LogP contribution < -0.4 is 4.90 Å². The van der Waals surface area contributed by atoms with Gasteiger partial charge in [0.15, 0.2) is 0 Å². The topological polar surface area (TPSA) is 3.24 Å². The summed E-state index contributed by atoms with van der Waals surface area (Å²) in [5.41, 5.74) is 3.09. The molecule has 0 amide bonds. The molecule has 0 bridgehead atoms. The fraction of sp³-hybridized carbons (Fsp3) is 0.500. The average Bonchev–Trinajstić information content (AvgIpc) is 2.63. The predicted molar refractivity (Wildman–Crippen MR) is 75.6 cm³/mol. The molecule has 1 heterocycles. The zero-order valence-electron chi connectivity index (χ0n) is 11.4. The van der Waals surface area contributed by atoms with E-state index >= 15 is 0 Å². The molecule has 0 spiro atoms. The Balaban J connectivity index is 2.49. The molecule has 2 rings (SSSR count). The summed E-state index contributed by atoms with van der Waals surface area (Å²) in [6, 6.07) is 9.23. The van der Waals surface area contributed by atoms with E-state index in [1.165, 1.54) is 17.7 Å². The Labute approximate surface area is 105 Å². The standard InChI is InChI=1S/C16H23N/c1-6-12-13-10-8-9-11-14(13)17(5)15(12)16(3,4)7-2/h6,8-12,15H,1,7H2,2-5H3. The summed E-state index contributed by atoms with van der Waals surface area (Å²) >= 11 is 0. The van der Waals surface area contributed by atoms with Gasteiger partial charge in [0.2, 0.25) is 0 Å². The summed E-state index contributed by atoms with van der Waals surface area (Å²) in [6.45, 7) is 11.0. The van der Waals surface area contributed by atoms with Crippen molar-refractivity contribution in [3.05, 3.63) is 42.5 Å². The molecule has 0 saturated carbocycles. The lowest BCUT2D eigenvalue weighted by atomic mass is 9.75. The summed E-state index contributed by atoms with van der Waals surface area (Å²) in [7, 11) is 2.21. The van der Waals surface area contributed by atoms with E-state index < -0.39 is 0 Å². The Hall–Kier alpha value is -1.24. The second kappa shape index (κ2) is 4.21. The second-order valence-electron chi connectivity index (χ2n) is 5.72. The predicted octanol–water partition coefficient (Wildman–Crippen LogP) is 4.21. The number of hydrogen-bond acceptors (Lipinski definition) is 1. The first-order chi connectivity index (χ1) is 8.03. The largest absolute Gasteiger partial charge is 0.370 e. The first-order valence-corrected chi connectivity index (χ1v) is 6.47.